The van der Waals surface area contributed by atoms with E-state index in [0.29, 0.717) is 25.8 Å². The Morgan fingerprint density at radius 1 is 1.19 bits per heavy atom. The molecule has 0 radical (unpaired) electrons. The fourth-order valence-electron chi connectivity index (χ4n) is 2.76. The number of hydrogen-bond donors (Lipinski definition) is 1. The van der Waals surface area contributed by atoms with Crippen LogP contribution in [0.2, 0.25) is 0 Å². The van der Waals surface area contributed by atoms with Gasteiger partial charge in [0.15, 0.2) is 0 Å². The fraction of sp³-hybridized carbons (Fsp3) is 0.300. The molecule has 0 saturated carbocycles. The van der Waals surface area contributed by atoms with Gasteiger partial charge in [0.2, 0.25) is 5.91 Å². The zero-order valence-corrected chi connectivity index (χ0v) is 14.6. The molecule has 1 aliphatic heterocycles. The largest absolute Gasteiger partial charge is 0.497 e. The zero-order chi connectivity index (χ0) is 18.4. The summed E-state index contributed by atoms with van der Waals surface area (Å²) in [5.74, 6) is 0.445. The number of carbonyl (C=O) groups excluding carboxylic acids is 1. The average molecular weight is 356 g/mol. The summed E-state index contributed by atoms with van der Waals surface area (Å²) in [4.78, 5) is 17.4. The highest BCUT2D eigenvalue weighted by Gasteiger charge is 2.21. The van der Waals surface area contributed by atoms with Crippen LogP contribution in [0.5, 0.6) is 5.75 Å². The summed E-state index contributed by atoms with van der Waals surface area (Å²) in [5, 5.41) is 6.95. The minimum atomic E-state index is -0.254. The number of ether oxygens (including phenoxy) is 1. The third-order valence-electron chi connectivity index (χ3n) is 4.17. The molecule has 5 nitrogen and oxygen atoms in total. The van der Waals surface area contributed by atoms with E-state index in [0.717, 1.165) is 22.6 Å². The average Bonchev–Trinajstić information content (AvgIpc) is 3.10. The number of nitrogens with zero attached hydrogens (tertiary/aromatic N) is 1. The van der Waals surface area contributed by atoms with Crippen molar-refractivity contribution in [2.24, 2.45) is 5.16 Å². The second-order valence-electron chi connectivity index (χ2n) is 6.22. The first-order valence-corrected chi connectivity index (χ1v) is 8.48. The molecule has 2 aromatic carbocycles. The minimum absolute atomic E-state index is 0.0641. The molecule has 0 aromatic heterocycles. The van der Waals surface area contributed by atoms with Crippen molar-refractivity contribution < 1.29 is 18.8 Å². The van der Waals surface area contributed by atoms with Crippen LogP contribution in [-0.2, 0) is 22.5 Å². The molecule has 1 unspecified atom stereocenters. The normalized spacial score (nSPS) is 15.9. The third kappa shape index (κ3) is 5.05. The van der Waals surface area contributed by atoms with Gasteiger partial charge in [0, 0.05) is 12.8 Å². The molecule has 0 saturated heterocycles. The number of nitrogens with one attached hydrogen (secondary N) is 1. The smallest absolute Gasteiger partial charge is 0.224 e. The third-order valence-corrected chi connectivity index (χ3v) is 4.17. The van der Waals surface area contributed by atoms with E-state index >= 15 is 0 Å². The Hall–Kier alpha value is -2.89. The summed E-state index contributed by atoms with van der Waals surface area (Å²) >= 11 is 0. The van der Waals surface area contributed by atoms with Crippen LogP contribution < -0.4 is 10.1 Å². The summed E-state index contributed by atoms with van der Waals surface area (Å²) in [5.41, 5.74) is 2.80. The van der Waals surface area contributed by atoms with Gasteiger partial charge in [-0.2, -0.15) is 0 Å². The van der Waals surface area contributed by atoms with Gasteiger partial charge < -0.3 is 14.9 Å². The summed E-state index contributed by atoms with van der Waals surface area (Å²) in [6, 6.07) is 13.7. The SMILES string of the molecule is COc1ccc(CC(=O)NCC2CC(Cc3ccc(F)cc3)=NO2)cc1. The lowest BCUT2D eigenvalue weighted by Crippen LogP contribution is -2.33. The number of amides is 1. The first kappa shape index (κ1) is 17.9. The fourth-order valence-corrected chi connectivity index (χ4v) is 2.76. The standard InChI is InChI=1S/C20H21FN2O3/c1-25-18-8-4-15(5-9-18)11-20(24)22-13-19-12-17(23-26-19)10-14-2-6-16(21)7-3-14/h2-9,19H,10-13H2,1H3,(H,22,24). The lowest BCUT2D eigenvalue weighted by Gasteiger charge is -2.10. The monoisotopic (exact) mass is 356 g/mol. The Morgan fingerprint density at radius 2 is 1.88 bits per heavy atom. The van der Waals surface area contributed by atoms with Gasteiger partial charge in [-0.3, -0.25) is 4.79 Å². The van der Waals surface area contributed by atoms with Crippen molar-refractivity contribution in [1.82, 2.24) is 5.32 Å². The van der Waals surface area contributed by atoms with Gasteiger partial charge in [0.1, 0.15) is 17.7 Å². The maximum Gasteiger partial charge on any atom is 0.224 e. The van der Waals surface area contributed by atoms with E-state index in [9.17, 15) is 9.18 Å². The van der Waals surface area contributed by atoms with E-state index in [1.54, 1.807) is 19.2 Å². The van der Waals surface area contributed by atoms with Gasteiger partial charge in [-0.25, -0.2) is 4.39 Å². The zero-order valence-electron chi connectivity index (χ0n) is 14.6. The molecule has 0 bridgehead atoms. The first-order valence-electron chi connectivity index (χ1n) is 8.48. The van der Waals surface area contributed by atoms with Gasteiger partial charge in [-0.05, 0) is 35.4 Å². The molecule has 0 spiro atoms. The van der Waals surface area contributed by atoms with Crippen LogP contribution in [0.4, 0.5) is 4.39 Å². The summed E-state index contributed by atoms with van der Waals surface area (Å²) in [6.07, 6.45) is 1.42. The van der Waals surface area contributed by atoms with Gasteiger partial charge in [0.25, 0.3) is 0 Å². The molecule has 1 heterocycles. The molecule has 6 heteroatoms. The quantitative estimate of drug-likeness (QED) is 0.830. The molecule has 1 amide bonds. The molecule has 1 aliphatic rings. The van der Waals surface area contributed by atoms with Crippen molar-refractivity contribution in [2.75, 3.05) is 13.7 Å². The summed E-state index contributed by atoms with van der Waals surface area (Å²) < 4.78 is 18.0. The van der Waals surface area contributed by atoms with Crippen LogP contribution >= 0.6 is 0 Å². The molecule has 0 aliphatic carbocycles. The Morgan fingerprint density at radius 3 is 2.58 bits per heavy atom. The highest BCUT2D eigenvalue weighted by atomic mass is 19.1. The number of oxime groups is 1. The number of halogens is 1. The molecule has 26 heavy (non-hydrogen) atoms. The van der Waals surface area contributed by atoms with Crippen LogP contribution in [0.3, 0.4) is 0 Å². The Balaban J connectivity index is 1.40. The molecular weight excluding hydrogens is 335 g/mol. The van der Waals surface area contributed by atoms with Crippen molar-refractivity contribution in [3.63, 3.8) is 0 Å². The van der Waals surface area contributed by atoms with Crippen LogP contribution in [0.1, 0.15) is 17.5 Å². The summed E-state index contributed by atoms with van der Waals surface area (Å²) in [6.45, 7) is 0.408. The molecule has 2 aromatic rings. The maximum atomic E-state index is 12.9. The number of rotatable bonds is 7. The van der Waals surface area contributed by atoms with E-state index < -0.39 is 0 Å². The predicted octanol–water partition coefficient (Wildman–Crippen LogP) is 2.88. The number of benzene rings is 2. The van der Waals surface area contributed by atoms with Gasteiger partial charge >= 0.3 is 0 Å². The van der Waals surface area contributed by atoms with E-state index in [1.165, 1.54) is 12.1 Å². The molecule has 1 N–H and O–H groups in total. The van der Waals surface area contributed by atoms with Crippen LogP contribution in [-0.4, -0.2) is 31.4 Å². The molecule has 3 rings (SSSR count). The summed E-state index contributed by atoms with van der Waals surface area (Å²) in [7, 11) is 1.61. The lowest BCUT2D eigenvalue weighted by molar-refractivity contribution is -0.121. The molecule has 1 atom stereocenters. The Bertz CT molecular complexity index is 773. The van der Waals surface area contributed by atoms with E-state index in [1.807, 2.05) is 24.3 Å². The molecular formula is C20H21FN2O3. The van der Waals surface area contributed by atoms with Crippen molar-refractivity contribution in [3.8, 4) is 5.75 Å². The second-order valence-corrected chi connectivity index (χ2v) is 6.22. The van der Waals surface area contributed by atoms with E-state index in [-0.39, 0.29) is 17.8 Å². The van der Waals surface area contributed by atoms with Crippen molar-refractivity contribution in [1.29, 1.82) is 0 Å². The minimum Gasteiger partial charge on any atom is -0.497 e. The second kappa shape index (κ2) is 8.47. The first-order chi connectivity index (χ1) is 12.6. The maximum absolute atomic E-state index is 12.9. The van der Waals surface area contributed by atoms with E-state index in [2.05, 4.69) is 10.5 Å². The molecule has 136 valence electrons. The number of carbonyl (C=O) groups is 1. The lowest BCUT2D eigenvalue weighted by atomic mass is 10.0. The van der Waals surface area contributed by atoms with Gasteiger partial charge in [-0.1, -0.05) is 29.4 Å². The highest BCUT2D eigenvalue weighted by Crippen LogP contribution is 2.15. The van der Waals surface area contributed by atoms with Crippen LogP contribution in [0.15, 0.2) is 53.7 Å². The Labute approximate surface area is 151 Å². The highest BCUT2D eigenvalue weighted by molar-refractivity contribution is 5.87. The van der Waals surface area contributed by atoms with Crippen molar-refractivity contribution in [2.45, 2.75) is 25.4 Å². The van der Waals surface area contributed by atoms with Crippen LogP contribution in [0.25, 0.3) is 0 Å². The van der Waals surface area contributed by atoms with Crippen molar-refractivity contribution in [3.05, 3.63) is 65.5 Å². The number of hydrogen-bond acceptors (Lipinski definition) is 4. The topological polar surface area (TPSA) is 59.9 Å². The number of methoxy groups -OCH3 is 1. The Kier molecular flexibility index (Phi) is 5.84. The van der Waals surface area contributed by atoms with Crippen LogP contribution in [0, 0.1) is 5.82 Å². The van der Waals surface area contributed by atoms with Crippen molar-refractivity contribution >= 4 is 11.6 Å². The van der Waals surface area contributed by atoms with Gasteiger partial charge in [0.05, 0.1) is 25.8 Å². The van der Waals surface area contributed by atoms with Gasteiger partial charge in [-0.15, -0.1) is 0 Å². The van der Waals surface area contributed by atoms with E-state index in [4.69, 9.17) is 9.57 Å². The predicted molar refractivity (Wildman–Crippen MR) is 96.7 cm³/mol. The molecule has 0 fully saturated rings.